The van der Waals surface area contributed by atoms with Gasteiger partial charge in [0.05, 0.1) is 6.61 Å². The summed E-state index contributed by atoms with van der Waals surface area (Å²) >= 11 is 0. The smallest absolute Gasteiger partial charge is 0.410 e. The molecule has 144 valence electrons. The maximum absolute atomic E-state index is 12.4. The van der Waals surface area contributed by atoms with E-state index in [1.54, 1.807) is 7.11 Å². The highest BCUT2D eigenvalue weighted by Crippen LogP contribution is 2.18. The molecule has 0 saturated carbocycles. The van der Waals surface area contributed by atoms with Gasteiger partial charge >= 0.3 is 6.09 Å². The molecule has 2 aromatic rings. The Morgan fingerprint density at radius 2 is 1.70 bits per heavy atom. The molecular formula is C22H28N2O3. The molecule has 1 aliphatic heterocycles. The van der Waals surface area contributed by atoms with E-state index in [0.717, 1.165) is 44.6 Å². The predicted octanol–water partition coefficient (Wildman–Crippen LogP) is 3.72. The van der Waals surface area contributed by atoms with Crippen molar-refractivity contribution in [3.63, 3.8) is 0 Å². The van der Waals surface area contributed by atoms with E-state index in [1.807, 2.05) is 35.2 Å². The Balaban J connectivity index is 1.50. The molecule has 0 unspecified atom stereocenters. The van der Waals surface area contributed by atoms with E-state index in [2.05, 4.69) is 29.2 Å². The molecule has 0 spiro atoms. The summed E-state index contributed by atoms with van der Waals surface area (Å²) < 4.78 is 10.6. The van der Waals surface area contributed by atoms with Crippen LogP contribution in [0.3, 0.4) is 0 Å². The second-order valence-electron chi connectivity index (χ2n) is 6.78. The molecule has 5 nitrogen and oxygen atoms in total. The summed E-state index contributed by atoms with van der Waals surface area (Å²) in [5, 5.41) is 0. The molecule has 0 bridgehead atoms. The Bertz CT molecular complexity index is 703. The fraction of sp³-hybridized carbons (Fsp3) is 0.409. The molecule has 1 aliphatic rings. The van der Waals surface area contributed by atoms with E-state index in [-0.39, 0.29) is 6.09 Å². The van der Waals surface area contributed by atoms with Crippen LogP contribution in [-0.2, 0) is 22.5 Å². The van der Waals surface area contributed by atoms with Gasteiger partial charge in [-0.15, -0.1) is 0 Å². The van der Waals surface area contributed by atoms with E-state index in [0.29, 0.717) is 13.2 Å². The minimum Gasteiger partial charge on any atom is -0.445 e. The number of amides is 1. The first-order valence-corrected chi connectivity index (χ1v) is 9.55. The average Bonchev–Trinajstić information content (AvgIpc) is 2.98. The summed E-state index contributed by atoms with van der Waals surface area (Å²) in [6.45, 7) is 4.23. The number of hydrogen-bond donors (Lipinski definition) is 0. The lowest BCUT2D eigenvalue weighted by molar-refractivity contribution is 0.0986. The van der Waals surface area contributed by atoms with Crippen molar-refractivity contribution in [2.75, 3.05) is 44.8 Å². The fourth-order valence-electron chi connectivity index (χ4n) is 3.26. The van der Waals surface area contributed by atoms with Crippen molar-refractivity contribution in [3.05, 3.63) is 65.7 Å². The van der Waals surface area contributed by atoms with E-state index in [1.165, 1.54) is 11.3 Å². The first-order chi connectivity index (χ1) is 13.3. The van der Waals surface area contributed by atoms with Crippen LogP contribution in [0.15, 0.2) is 54.6 Å². The van der Waals surface area contributed by atoms with Gasteiger partial charge in [0.25, 0.3) is 0 Å². The standard InChI is InChI=1S/C22H28N2O3/c1-26-17-12-19-8-10-21(11-9-19)23-13-5-14-24(16-15-23)22(25)27-18-20-6-3-2-4-7-20/h2-4,6-11H,5,12-18H2,1H3. The summed E-state index contributed by atoms with van der Waals surface area (Å²) in [7, 11) is 1.72. The number of rotatable bonds is 6. The van der Waals surface area contributed by atoms with Crippen molar-refractivity contribution in [3.8, 4) is 0 Å². The van der Waals surface area contributed by atoms with Gasteiger partial charge in [-0.25, -0.2) is 4.79 Å². The van der Waals surface area contributed by atoms with Crippen molar-refractivity contribution in [2.24, 2.45) is 0 Å². The maximum atomic E-state index is 12.4. The van der Waals surface area contributed by atoms with Gasteiger partial charge in [0, 0.05) is 39.0 Å². The summed E-state index contributed by atoms with van der Waals surface area (Å²) in [6.07, 6.45) is 1.64. The van der Waals surface area contributed by atoms with Crippen LogP contribution >= 0.6 is 0 Å². The lowest BCUT2D eigenvalue weighted by Crippen LogP contribution is -2.35. The summed E-state index contributed by atoms with van der Waals surface area (Å²) in [5.74, 6) is 0. The van der Waals surface area contributed by atoms with Gasteiger partial charge in [-0.1, -0.05) is 42.5 Å². The Morgan fingerprint density at radius 1 is 0.926 bits per heavy atom. The van der Waals surface area contributed by atoms with E-state index in [4.69, 9.17) is 9.47 Å². The van der Waals surface area contributed by atoms with E-state index < -0.39 is 0 Å². The van der Waals surface area contributed by atoms with Crippen molar-refractivity contribution < 1.29 is 14.3 Å². The molecule has 5 heteroatoms. The van der Waals surface area contributed by atoms with Crippen molar-refractivity contribution in [1.29, 1.82) is 0 Å². The minimum atomic E-state index is -0.226. The molecule has 0 N–H and O–H groups in total. The number of benzene rings is 2. The number of methoxy groups -OCH3 is 1. The van der Waals surface area contributed by atoms with Gasteiger partial charge in [-0.05, 0) is 36.1 Å². The maximum Gasteiger partial charge on any atom is 0.410 e. The number of carbonyl (C=O) groups is 1. The topological polar surface area (TPSA) is 42.0 Å². The van der Waals surface area contributed by atoms with Crippen LogP contribution in [0.25, 0.3) is 0 Å². The normalized spacial score (nSPS) is 14.7. The van der Waals surface area contributed by atoms with Crippen molar-refractivity contribution >= 4 is 11.8 Å². The third-order valence-electron chi connectivity index (χ3n) is 4.86. The Hall–Kier alpha value is -2.53. The number of nitrogens with zero attached hydrogens (tertiary/aromatic N) is 2. The van der Waals surface area contributed by atoms with Crippen LogP contribution in [0.4, 0.5) is 10.5 Å². The molecule has 1 heterocycles. The first kappa shape index (κ1) is 19.2. The summed E-state index contributed by atoms with van der Waals surface area (Å²) in [4.78, 5) is 16.5. The largest absolute Gasteiger partial charge is 0.445 e. The average molecular weight is 368 g/mol. The number of anilines is 1. The number of hydrogen-bond acceptors (Lipinski definition) is 4. The second-order valence-corrected chi connectivity index (χ2v) is 6.78. The van der Waals surface area contributed by atoms with Crippen LogP contribution in [-0.4, -0.2) is 50.9 Å². The van der Waals surface area contributed by atoms with Gasteiger partial charge in [-0.3, -0.25) is 0 Å². The van der Waals surface area contributed by atoms with Gasteiger partial charge in [0.15, 0.2) is 0 Å². The highest BCUT2D eigenvalue weighted by atomic mass is 16.6. The molecule has 0 atom stereocenters. The molecule has 3 rings (SSSR count). The summed E-state index contributed by atoms with van der Waals surface area (Å²) in [5.41, 5.74) is 3.49. The quantitative estimate of drug-likeness (QED) is 0.779. The minimum absolute atomic E-state index is 0.226. The SMILES string of the molecule is COCCc1ccc(N2CCCN(C(=O)OCc3ccccc3)CC2)cc1. The van der Waals surface area contributed by atoms with Gasteiger partial charge < -0.3 is 19.3 Å². The van der Waals surface area contributed by atoms with Crippen LogP contribution in [0.1, 0.15) is 17.5 Å². The Morgan fingerprint density at radius 3 is 2.44 bits per heavy atom. The lowest BCUT2D eigenvalue weighted by atomic mass is 10.1. The third kappa shape index (κ3) is 5.73. The van der Waals surface area contributed by atoms with Crippen molar-refractivity contribution in [1.82, 2.24) is 4.90 Å². The molecule has 1 amide bonds. The van der Waals surface area contributed by atoms with Crippen molar-refractivity contribution in [2.45, 2.75) is 19.4 Å². The number of ether oxygens (including phenoxy) is 2. The van der Waals surface area contributed by atoms with Crippen LogP contribution in [0.2, 0.25) is 0 Å². The molecule has 0 radical (unpaired) electrons. The van der Waals surface area contributed by atoms with Crippen LogP contribution in [0.5, 0.6) is 0 Å². The monoisotopic (exact) mass is 368 g/mol. The van der Waals surface area contributed by atoms with E-state index >= 15 is 0 Å². The molecule has 2 aromatic carbocycles. The van der Waals surface area contributed by atoms with Gasteiger partial charge in [0.2, 0.25) is 0 Å². The second kappa shape index (κ2) is 9.97. The number of carbonyl (C=O) groups excluding carboxylic acids is 1. The zero-order valence-corrected chi connectivity index (χ0v) is 16.0. The molecule has 1 saturated heterocycles. The summed E-state index contributed by atoms with van der Waals surface area (Å²) in [6, 6.07) is 18.4. The Labute approximate surface area is 161 Å². The third-order valence-corrected chi connectivity index (χ3v) is 4.86. The van der Waals surface area contributed by atoms with Gasteiger partial charge in [-0.2, -0.15) is 0 Å². The fourth-order valence-corrected chi connectivity index (χ4v) is 3.26. The zero-order valence-electron chi connectivity index (χ0n) is 16.0. The Kier molecular flexibility index (Phi) is 7.11. The highest BCUT2D eigenvalue weighted by molar-refractivity contribution is 5.67. The van der Waals surface area contributed by atoms with Crippen LogP contribution in [0, 0.1) is 0 Å². The van der Waals surface area contributed by atoms with E-state index in [9.17, 15) is 4.79 Å². The zero-order chi connectivity index (χ0) is 18.9. The van der Waals surface area contributed by atoms with Crippen LogP contribution < -0.4 is 4.90 Å². The molecule has 0 aliphatic carbocycles. The molecule has 0 aromatic heterocycles. The predicted molar refractivity (Wildman–Crippen MR) is 107 cm³/mol. The molecule has 1 fully saturated rings. The molecule has 27 heavy (non-hydrogen) atoms. The highest BCUT2D eigenvalue weighted by Gasteiger charge is 2.20. The lowest BCUT2D eigenvalue weighted by Gasteiger charge is -2.23. The van der Waals surface area contributed by atoms with Gasteiger partial charge in [0.1, 0.15) is 6.61 Å². The first-order valence-electron chi connectivity index (χ1n) is 9.55. The molecular weight excluding hydrogens is 340 g/mol.